The van der Waals surface area contributed by atoms with Gasteiger partial charge in [-0.1, -0.05) is 12.8 Å². The van der Waals surface area contributed by atoms with Crippen LogP contribution < -0.4 is 0 Å². The molecule has 1 N–H and O–H groups in total. The van der Waals surface area contributed by atoms with E-state index >= 15 is 0 Å². The van der Waals surface area contributed by atoms with E-state index in [9.17, 15) is 13.5 Å². The van der Waals surface area contributed by atoms with Crippen LogP contribution in [0.25, 0.3) is 0 Å². The summed E-state index contributed by atoms with van der Waals surface area (Å²) in [4.78, 5) is 0. The molecule has 1 aliphatic rings. The Labute approximate surface area is 104 Å². The summed E-state index contributed by atoms with van der Waals surface area (Å²) in [7, 11) is -1.68. The maximum Gasteiger partial charge on any atom is 0.214 e. The highest BCUT2D eigenvalue weighted by atomic mass is 32.2. The molecule has 1 atom stereocenters. The lowest BCUT2D eigenvalue weighted by atomic mass is 10.1. The van der Waals surface area contributed by atoms with Crippen molar-refractivity contribution in [2.75, 3.05) is 32.6 Å². The maximum absolute atomic E-state index is 12.1. The van der Waals surface area contributed by atoms with Gasteiger partial charge in [0.1, 0.15) is 0 Å². The van der Waals surface area contributed by atoms with E-state index in [1.165, 1.54) is 4.31 Å². The standard InChI is InChI=1S/C11H23NO4S/c1-16-8-5-9-17(14,15)12-7-4-2-3-6-11(12)10-13/h11,13H,2-10H2,1H3. The van der Waals surface area contributed by atoms with Gasteiger partial charge in [0.15, 0.2) is 0 Å². The fourth-order valence-corrected chi connectivity index (χ4v) is 3.95. The number of nitrogens with zero attached hydrogens (tertiary/aromatic N) is 1. The van der Waals surface area contributed by atoms with Crippen LogP contribution in [0.4, 0.5) is 0 Å². The molecule has 1 rings (SSSR count). The maximum atomic E-state index is 12.1. The molecule has 1 aliphatic heterocycles. The SMILES string of the molecule is COCCCS(=O)(=O)N1CCCCCC1CO. The second-order valence-electron chi connectivity index (χ2n) is 4.46. The van der Waals surface area contributed by atoms with Crippen LogP contribution in [0.2, 0.25) is 0 Å². The van der Waals surface area contributed by atoms with Crippen molar-refractivity contribution < 1.29 is 18.3 Å². The molecule has 1 fully saturated rings. The quantitative estimate of drug-likeness (QED) is 0.714. The van der Waals surface area contributed by atoms with Crippen LogP contribution in [0, 0.1) is 0 Å². The van der Waals surface area contributed by atoms with Crippen LogP contribution in [0.5, 0.6) is 0 Å². The van der Waals surface area contributed by atoms with Gasteiger partial charge < -0.3 is 9.84 Å². The fraction of sp³-hybridized carbons (Fsp3) is 1.00. The van der Waals surface area contributed by atoms with Crippen LogP contribution in [0.1, 0.15) is 32.1 Å². The molecule has 0 aliphatic carbocycles. The van der Waals surface area contributed by atoms with Gasteiger partial charge in [-0.05, 0) is 19.3 Å². The summed E-state index contributed by atoms with van der Waals surface area (Å²) in [6.07, 6.45) is 4.20. The van der Waals surface area contributed by atoms with Gasteiger partial charge in [-0.15, -0.1) is 0 Å². The lowest BCUT2D eigenvalue weighted by Crippen LogP contribution is -2.43. The minimum absolute atomic E-state index is 0.0799. The summed E-state index contributed by atoms with van der Waals surface area (Å²) in [5.41, 5.74) is 0. The van der Waals surface area contributed by atoms with E-state index < -0.39 is 10.0 Å². The largest absolute Gasteiger partial charge is 0.395 e. The zero-order chi connectivity index (χ0) is 12.7. The van der Waals surface area contributed by atoms with E-state index in [4.69, 9.17) is 4.74 Å². The molecule has 0 aromatic heterocycles. The number of ether oxygens (including phenoxy) is 1. The average Bonchev–Trinajstić information content (AvgIpc) is 2.54. The Morgan fingerprint density at radius 2 is 2.12 bits per heavy atom. The van der Waals surface area contributed by atoms with Gasteiger partial charge in [0.2, 0.25) is 10.0 Å². The van der Waals surface area contributed by atoms with Crippen molar-refractivity contribution in [2.45, 2.75) is 38.1 Å². The summed E-state index contributed by atoms with van der Waals surface area (Å²) in [5, 5.41) is 9.29. The molecule has 0 saturated carbocycles. The third kappa shape index (κ3) is 4.54. The molecule has 6 heteroatoms. The zero-order valence-corrected chi connectivity index (χ0v) is 11.3. The molecule has 17 heavy (non-hydrogen) atoms. The highest BCUT2D eigenvalue weighted by molar-refractivity contribution is 7.89. The fourth-order valence-electron chi connectivity index (χ4n) is 2.20. The molecule has 0 spiro atoms. The van der Waals surface area contributed by atoms with Crippen molar-refractivity contribution in [3.8, 4) is 0 Å². The Balaban J connectivity index is 2.64. The topological polar surface area (TPSA) is 66.8 Å². The Morgan fingerprint density at radius 3 is 2.76 bits per heavy atom. The Hall–Kier alpha value is -0.170. The third-order valence-corrected chi connectivity index (χ3v) is 5.14. The zero-order valence-electron chi connectivity index (χ0n) is 10.5. The highest BCUT2D eigenvalue weighted by Crippen LogP contribution is 2.20. The summed E-state index contributed by atoms with van der Waals surface area (Å²) in [6, 6.07) is -0.231. The second kappa shape index (κ2) is 7.31. The lowest BCUT2D eigenvalue weighted by molar-refractivity contribution is 0.184. The van der Waals surface area contributed by atoms with Gasteiger partial charge in [-0.3, -0.25) is 0 Å². The molecular weight excluding hydrogens is 242 g/mol. The van der Waals surface area contributed by atoms with Crippen molar-refractivity contribution in [1.29, 1.82) is 0 Å². The minimum atomic E-state index is -3.25. The molecule has 1 heterocycles. The van der Waals surface area contributed by atoms with Crippen LogP contribution >= 0.6 is 0 Å². The molecule has 0 bridgehead atoms. The first kappa shape index (κ1) is 14.9. The van der Waals surface area contributed by atoms with E-state index in [0.717, 1.165) is 25.7 Å². The number of hydrogen-bond acceptors (Lipinski definition) is 4. The minimum Gasteiger partial charge on any atom is -0.395 e. The molecule has 0 amide bonds. The van der Waals surface area contributed by atoms with Gasteiger partial charge in [0.25, 0.3) is 0 Å². The predicted molar refractivity (Wildman–Crippen MR) is 66.3 cm³/mol. The summed E-state index contributed by atoms with van der Waals surface area (Å²) in [6.45, 7) is 0.918. The Kier molecular flexibility index (Phi) is 6.40. The number of methoxy groups -OCH3 is 1. The van der Waals surface area contributed by atoms with Crippen molar-refractivity contribution >= 4 is 10.0 Å². The van der Waals surface area contributed by atoms with E-state index in [1.54, 1.807) is 7.11 Å². The molecule has 1 unspecified atom stereocenters. The van der Waals surface area contributed by atoms with Crippen molar-refractivity contribution in [1.82, 2.24) is 4.31 Å². The highest BCUT2D eigenvalue weighted by Gasteiger charge is 2.30. The Morgan fingerprint density at radius 1 is 1.35 bits per heavy atom. The van der Waals surface area contributed by atoms with E-state index in [1.807, 2.05) is 0 Å². The van der Waals surface area contributed by atoms with Crippen LogP contribution in [0.15, 0.2) is 0 Å². The van der Waals surface area contributed by atoms with Crippen LogP contribution in [0.3, 0.4) is 0 Å². The van der Waals surface area contributed by atoms with Gasteiger partial charge in [0, 0.05) is 26.3 Å². The first-order valence-corrected chi connectivity index (χ1v) is 7.82. The predicted octanol–water partition coefficient (Wildman–Crippen LogP) is 0.590. The number of rotatable bonds is 6. The molecule has 102 valence electrons. The van der Waals surface area contributed by atoms with Crippen LogP contribution in [-0.4, -0.2) is 56.5 Å². The number of hydrogen-bond donors (Lipinski definition) is 1. The molecule has 0 aromatic rings. The molecule has 1 saturated heterocycles. The number of aliphatic hydroxyl groups is 1. The van der Waals surface area contributed by atoms with E-state index in [0.29, 0.717) is 19.6 Å². The second-order valence-corrected chi connectivity index (χ2v) is 6.50. The monoisotopic (exact) mass is 265 g/mol. The summed E-state index contributed by atoms with van der Waals surface area (Å²) < 4.78 is 30.6. The van der Waals surface area contributed by atoms with Crippen molar-refractivity contribution in [3.63, 3.8) is 0 Å². The summed E-state index contributed by atoms with van der Waals surface area (Å²) in [5.74, 6) is 0.108. The van der Waals surface area contributed by atoms with Gasteiger partial charge >= 0.3 is 0 Å². The summed E-state index contributed by atoms with van der Waals surface area (Å²) >= 11 is 0. The molecule has 5 nitrogen and oxygen atoms in total. The first-order chi connectivity index (χ1) is 8.11. The average molecular weight is 265 g/mol. The number of aliphatic hydroxyl groups excluding tert-OH is 1. The van der Waals surface area contributed by atoms with Gasteiger partial charge in [-0.2, -0.15) is 4.31 Å². The first-order valence-electron chi connectivity index (χ1n) is 6.21. The third-order valence-electron chi connectivity index (χ3n) is 3.14. The molecular formula is C11H23NO4S. The van der Waals surface area contributed by atoms with Crippen molar-refractivity contribution in [2.24, 2.45) is 0 Å². The molecule has 0 aromatic carbocycles. The lowest BCUT2D eigenvalue weighted by Gasteiger charge is -2.27. The van der Waals surface area contributed by atoms with Crippen molar-refractivity contribution in [3.05, 3.63) is 0 Å². The number of sulfonamides is 1. The van der Waals surface area contributed by atoms with E-state index in [-0.39, 0.29) is 18.4 Å². The van der Waals surface area contributed by atoms with Crippen LogP contribution in [-0.2, 0) is 14.8 Å². The van der Waals surface area contributed by atoms with Gasteiger partial charge in [-0.25, -0.2) is 8.42 Å². The normalized spacial score (nSPS) is 23.5. The van der Waals surface area contributed by atoms with Gasteiger partial charge in [0.05, 0.1) is 12.4 Å². The molecule has 0 radical (unpaired) electrons. The van der Waals surface area contributed by atoms with E-state index in [2.05, 4.69) is 0 Å². The smallest absolute Gasteiger partial charge is 0.214 e. The Bertz CT molecular complexity index is 305.